The van der Waals surface area contributed by atoms with Crippen molar-refractivity contribution in [2.45, 2.75) is 68.2 Å². The third kappa shape index (κ3) is 4.57. The van der Waals surface area contributed by atoms with Gasteiger partial charge in [-0.15, -0.1) is 0 Å². The molecule has 196 valence electrons. The molecule has 11 heteroatoms. The number of sulfone groups is 1. The average Bonchev–Trinajstić information content (AvgIpc) is 3.47. The van der Waals surface area contributed by atoms with Crippen LogP contribution in [-0.2, 0) is 14.6 Å². The summed E-state index contributed by atoms with van der Waals surface area (Å²) in [5.74, 6) is 0.366. The molecule has 0 radical (unpaired) electrons. The number of imidazole rings is 1. The number of hydrogen-bond donors (Lipinski definition) is 2. The number of benzene rings is 1. The fraction of sp³-hybridized carbons (Fsp3) is 0.423. The second-order valence-corrected chi connectivity index (χ2v) is 12.3. The number of hydrogen-bond acceptors (Lipinski definition) is 7. The van der Waals surface area contributed by atoms with Crippen molar-refractivity contribution in [3.63, 3.8) is 0 Å². The van der Waals surface area contributed by atoms with E-state index in [1.807, 2.05) is 31.4 Å². The van der Waals surface area contributed by atoms with Crippen molar-refractivity contribution in [3.8, 4) is 0 Å². The molecule has 10 nitrogen and oxygen atoms in total. The maximum absolute atomic E-state index is 13.7. The number of aliphatic hydroxyl groups is 1. The molecule has 1 aromatic carbocycles. The molecule has 4 aromatic rings. The van der Waals surface area contributed by atoms with E-state index in [0.717, 1.165) is 5.39 Å². The Morgan fingerprint density at radius 3 is 2.43 bits per heavy atom. The van der Waals surface area contributed by atoms with Crippen LogP contribution < -0.4 is 0 Å². The third-order valence-electron chi connectivity index (χ3n) is 6.50. The zero-order valence-corrected chi connectivity index (χ0v) is 22.1. The lowest BCUT2D eigenvalue weighted by molar-refractivity contribution is 0.0186. The summed E-state index contributed by atoms with van der Waals surface area (Å²) < 4.78 is 34.8. The molecule has 1 amide bonds. The zero-order chi connectivity index (χ0) is 26.5. The number of nitrogens with zero attached hydrogens (tertiary/aromatic N) is 4. The monoisotopic (exact) mass is 525 g/mol. The Bertz CT molecular complexity index is 1560. The molecule has 4 heterocycles. The van der Waals surface area contributed by atoms with Crippen LogP contribution in [0.3, 0.4) is 0 Å². The molecule has 0 unspecified atom stereocenters. The third-order valence-corrected chi connectivity index (χ3v) is 8.18. The van der Waals surface area contributed by atoms with Gasteiger partial charge in [0.25, 0.3) is 0 Å². The largest absolute Gasteiger partial charge is 0.444 e. The highest BCUT2D eigenvalue weighted by atomic mass is 32.2. The van der Waals surface area contributed by atoms with Crippen LogP contribution in [0, 0.1) is 0 Å². The number of pyridine rings is 1. The maximum atomic E-state index is 13.7. The van der Waals surface area contributed by atoms with Crippen LogP contribution in [0.15, 0.2) is 52.5 Å². The number of ether oxygens (including phenoxy) is 1. The fourth-order valence-corrected chi connectivity index (χ4v) is 6.20. The highest BCUT2D eigenvalue weighted by Gasteiger charge is 2.33. The average molecular weight is 526 g/mol. The highest BCUT2D eigenvalue weighted by molar-refractivity contribution is 7.91. The predicted octanol–water partition coefficient (Wildman–Crippen LogP) is 4.37. The Hall–Kier alpha value is -3.44. The molecule has 0 bridgehead atoms. The molecule has 1 fully saturated rings. The summed E-state index contributed by atoms with van der Waals surface area (Å²) in [6.07, 6.45) is 1.60. The molecule has 0 aliphatic carbocycles. The predicted molar refractivity (Wildman–Crippen MR) is 138 cm³/mol. The minimum Gasteiger partial charge on any atom is -0.444 e. The first-order chi connectivity index (χ1) is 17.5. The van der Waals surface area contributed by atoms with E-state index in [9.17, 15) is 18.3 Å². The van der Waals surface area contributed by atoms with Gasteiger partial charge in [0.05, 0.1) is 10.4 Å². The first-order valence-electron chi connectivity index (χ1n) is 12.3. The number of rotatable bonds is 4. The van der Waals surface area contributed by atoms with Crippen LogP contribution >= 0.6 is 0 Å². The number of piperidine rings is 1. The number of aliphatic hydroxyl groups excluding tert-OH is 1. The van der Waals surface area contributed by atoms with Crippen LogP contribution in [0.25, 0.3) is 22.1 Å². The van der Waals surface area contributed by atoms with Gasteiger partial charge in [-0.25, -0.2) is 23.2 Å². The normalized spacial score (nSPS) is 16.4. The molecule has 3 aromatic heterocycles. The molecule has 1 saturated heterocycles. The number of likely N-dealkylation sites (tertiary alicyclic amines) is 1. The molecule has 2 N–H and O–H groups in total. The van der Waals surface area contributed by atoms with Gasteiger partial charge in [0.2, 0.25) is 9.84 Å². The van der Waals surface area contributed by atoms with Gasteiger partial charge in [-0.2, -0.15) is 0 Å². The Morgan fingerprint density at radius 1 is 1.14 bits per heavy atom. The lowest BCUT2D eigenvalue weighted by Gasteiger charge is -2.35. The Kier molecular flexibility index (Phi) is 6.23. The first kappa shape index (κ1) is 25.2. The smallest absolute Gasteiger partial charge is 0.410 e. The first-order valence-corrected chi connectivity index (χ1v) is 13.8. The summed E-state index contributed by atoms with van der Waals surface area (Å²) in [6, 6.07) is 9.86. The summed E-state index contributed by atoms with van der Waals surface area (Å²) in [7, 11) is -3.99. The van der Waals surface area contributed by atoms with E-state index < -0.39 is 21.5 Å². The zero-order valence-electron chi connectivity index (χ0n) is 21.3. The number of carbonyl (C=O) groups is 1. The minimum atomic E-state index is -3.99. The van der Waals surface area contributed by atoms with Gasteiger partial charge in [-0.1, -0.05) is 18.2 Å². The second kappa shape index (κ2) is 9.14. The van der Waals surface area contributed by atoms with Crippen molar-refractivity contribution in [2.75, 3.05) is 13.1 Å². The lowest BCUT2D eigenvalue weighted by atomic mass is 10.0. The number of aromatic nitrogens is 4. The van der Waals surface area contributed by atoms with Gasteiger partial charge >= 0.3 is 6.09 Å². The summed E-state index contributed by atoms with van der Waals surface area (Å²) in [6.45, 7) is 8.05. The van der Waals surface area contributed by atoms with E-state index in [1.165, 1.54) is 12.1 Å². The van der Waals surface area contributed by atoms with Crippen LogP contribution in [0.4, 0.5) is 4.79 Å². The van der Waals surface area contributed by atoms with E-state index in [0.29, 0.717) is 42.9 Å². The van der Waals surface area contributed by atoms with Gasteiger partial charge in [0, 0.05) is 30.7 Å². The van der Waals surface area contributed by atoms with Crippen molar-refractivity contribution in [3.05, 3.63) is 48.4 Å². The van der Waals surface area contributed by atoms with E-state index >= 15 is 0 Å². The van der Waals surface area contributed by atoms with Gasteiger partial charge < -0.3 is 24.3 Å². The second-order valence-electron chi connectivity index (χ2n) is 10.4. The molecule has 0 spiro atoms. The van der Waals surface area contributed by atoms with E-state index in [4.69, 9.17) is 4.74 Å². The Morgan fingerprint density at radius 2 is 1.81 bits per heavy atom. The Labute approximate surface area is 215 Å². The lowest BCUT2D eigenvalue weighted by Crippen LogP contribution is -2.42. The van der Waals surface area contributed by atoms with Crippen molar-refractivity contribution >= 4 is 38.0 Å². The molecule has 5 rings (SSSR count). The van der Waals surface area contributed by atoms with Crippen molar-refractivity contribution in [1.29, 1.82) is 0 Å². The number of fused-ring (bicyclic) bond motifs is 3. The van der Waals surface area contributed by atoms with Crippen LogP contribution in [0.5, 0.6) is 0 Å². The maximum Gasteiger partial charge on any atom is 0.410 e. The number of aromatic amines is 1. The fourth-order valence-electron chi connectivity index (χ4n) is 4.85. The van der Waals surface area contributed by atoms with Gasteiger partial charge in [0.15, 0.2) is 5.03 Å². The van der Waals surface area contributed by atoms with E-state index in [-0.39, 0.29) is 27.6 Å². The number of H-pyrrole nitrogens is 1. The standard InChI is InChI=1S/C26H31N5O5S/c1-16(32)23-28-20-21(31(23)17-11-14-30(15-12-17)25(33)36-26(2,3)4)19-10-13-27-22(19)29-24(20)37(34,35)18-8-6-5-7-9-18/h5-10,13,16-17,32H,11-12,14-15H2,1-4H3,(H,27,29)/t16-/m1/s1. The Balaban J connectivity index is 1.63. The minimum absolute atomic E-state index is 0.110. The highest BCUT2D eigenvalue weighted by Crippen LogP contribution is 2.38. The van der Waals surface area contributed by atoms with Crippen LogP contribution in [-0.4, -0.2) is 62.7 Å². The molecular weight excluding hydrogens is 494 g/mol. The van der Waals surface area contributed by atoms with Gasteiger partial charge in [-0.3, -0.25) is 0 Å². The SMILES string of the molecule is C[C@@H](O)c1nc2c(S(=O)(=O)c3ccccc3)nc3[nH]ccc3c2n1C1CCN(C(=O)OC(C)(C)C)CC1. The van der Waals surface area contributed by atoms with E-state index in [2.05, 4.69) is 15.0 Å². The van der Waals surface area contributed by atoms with Crippen molar-refractivity contribution < 1.29 is 23.1 Å². The van der Waals surface area contributed by atoms with Gasteiger partial charge in [0.1, 0.15) is 28.7 Å². The molecule has 37 heavy (non-hydrogen) atoms. The molecule has 1 aliphatic rings. The number of carbonyl (C=O) groups excluding carboxylic acids is 1. The van der Waals surface area contributed by atoms with Crippen LogP contribution in [0.2, 0.25) is 0 Å². The summed E-state index contributed by atoms with van der Waals surface area (Å²) in [5, 5.41) is 11.3. The topological polar surface area (TPSA) is 130 Å². The van der Waals surface area contributed by atoms with E-state index in [1.54, 1.807) is 36.2 Å². The molecule has 0 saturated carbocycles. The number of nitrogens with one attached hydrogen (secondary N) is 1. The number of amides is 1. The van der Waals surface area contributed by atoms with Crippen molar-refractivity contribution in [2.24, 2.45) is 0 Å². The van der Waals surface area contributed by atoms with Gasteiger partial charge in [-0.05, 0) is 58.7 Å². The van der Waals surface area contributed by atoms with Crippen LogP contribution in [0.1, 0.15) is 58.5 Å². The summed E-state index contributed by atoms with van der Waals surface area (Å²) >= 11 is 0. The van der Waals surface area contributed by atoms with Crippen molar-refractivity contribution in [1.82, 2.24) is 24.4 Å². The summed E-state index contributed by atoms with van der Waals surface area (Å²) in [4.78, 5) is 26.6. The molecule has 1 atom stereocenters. The molecule has 1 aliphatic heterocycles. The summed E-state index contributed by atoms with van der Waals surface area (Å²) in [5.41, 5.74) is 0.668. The molecular formula is C26H31N5O5S. The quantitative estimate of drug-likeness (QED) is 0.404.